The van der Waals surface area contributed by atoms with E-state index in [-0.39, 0.29) is 0 Å². The Balaban J connectivity index is 1.74. The summed E-state index contributed by atoms with van der Waals surface area (Å²) in [6.45, 7) is 2.15. The first-order valence-corrected chi connectivity index (χ1v) is 6.83. The first-order valence-electron chi connectivity index (χ1n) is 6.83. The van der Waals surface area contributed by atoms with Crippen LogP contribution in [0.15, 0.2) is 30.6 Å². The Morgan fingerprint density at radius 3 is 3.05 bits per heavy atom. The number of anilines is 2. The zero-order chi connectivity index (χ0) is 13.2. The zero-order valence-electron chi connectivity index (χ0n) is 11.3. The molecule has 2 heterocycles. The summed E-state index contributed by atoms with van der Waals surface area (Å²) in [4.78, 5) is 2.45. The molecule has 1 aromatic heterocycles. The number of nitrogens with zero attached hydrogens (tertiary/aromatic N) is 3. The quantitative estimate of drug-likeness (QED) is 0.854. The zero-order valence-corrected chi connectivity index (χ0v) is 11.3. The van der Waals surface area contributed by atoms with E-state index in [1.165, 1.54) is 29.7 Å². The molecule has 2 N–H and O–H groups in total. The second-order valence-corrected chi connectivity index (χ2v) is 5.25. The van der Waals surface area contributed by atoms with Gasteiger partial charge in [0.1, 0.15) is 0 Å². The standard InChI is InChI=1S/C15H20N4/c1-18-11-12(10-17-18)6-8-19-7-2-3-13-4-5-14(16)9-15(13)19/h4-5,9-11H,2-3,6-8,16H2,1H3. The van der Waals surface area contributed by atoms with E-state index >= 15 is 0 Å². The molecule has 3 rings (SSSR count). The molecule has 0 saturated carbocycles. The van der Waals surface area contributed by atoms with Crippen molar-refractivity contribution in [1.29, 1.82) is 0 Å². The van der Waals surface area contributed by atoms with Gasteiger partial charge in [0.2, 0.25) is 0 Å². The van der Waals surface area contributed by atoms with E-state index in [0.29, 0.717) is 0 Å². The third kappa shape index (κ3) is 2.57. The SMILES string of the molecule is Cn1cc(CCN2CCCc3ccc(N)cc32)cn1. The fourth-order valence-electron chi connectivity index (χ4n) is 2.76. The maximum absolute atomic E-state index is 5.91. The van der Waals surface area contributed by atoms with Crippen LogP contribution in [0.4, 0.5) is 11.4 Å². The summed E-state index contributed by atoms with van der Waals surface area (Å²) >= 11 is 0. The predicted octanol–water partition coefficient (Wildman–Crippen LogP) is 2.00. The number of benzene rings is 1. The average molecular weight is 256 g/mol. The summed E-state index contributed by atoms with van der Waals surface area (Å²) in [5.74, 6) is 0. The van der Waals surface area contributed by atoms with Gasteiger partial charge in [-0.15, -0.1) is 0 Å². The largest absolute Gasteiger partial charge is 0.399 e. The summed E-state index contributed by atoms with van der Waals surface area (Å²) in [7, 11) is 1.96. The Morgan fingerprint density at radius 1 is 1.37 bits per heavy atom. The van der Waals surface area contributed by atoms with Crippen LogP contribution in [0.3, 0.4) is 0 Å². The molecule has 0 radical (unpaired) electrons. The van der Waals surface area contributed by atoms with E-state index in [2.05, 4.69) is 28.3 Å². The van der Waals surface area contributed by atoms with Gasteiger partial charge in [0.25, 0.3) is 0 Å². The highest BCUT2D eigenvalue weighted by Crippen LogP contribution is 2.29. The molecule has 19 heavy (non-hydrogen) atoms. The lowest BCUT2D eigenvalue weighted by atomic mass is 10.0. The number of aromatic nitrogens is 2. The molecular formula is C15H20N4. The Bertz CT molecular complexity index is 573. The molecule has 0 aliphatic carbocycles. The summed E-state index contributed by atoms with van der Waals surface area (Å²) < 4.78 is 1.86. The van der Waals surface area contributed by atoms with Gasteiger partial charge in [0.05, 0.1) is 6.20 Å². The van der Waals surface area contributed by atoms with Gasteiger partial charge in [-0.1, -0.05) is 6.07 Å². The van der Waals surface area contributed by atoms with E-state index in [0.717, 1.165) is 25.2 Å². The van der Waals surface area contributed by atoms with Crippen molar-refractivity contribution in [3.8, 4) is 0 Å². The van der Waals surface area contributed by atoms with E-state index in [1.807, 2.05) is 24.0 Å². The normalized spacial score (nSPS) is 14.5. The Kier molecular flexibility index (Phi) is 3.15. The topological polar surface area (TPSA) is 47.1 Å². The number of rotatable bonds is 3. The van der Waals surface area contributed by atoms with Crippen LogP contribution in [-0.4, -0.2) is 22.9 Å². The van der Waals surface area contributed by atoms with Gasteiger partial charge in [0.15, 0.2) is 0 Å². The molecule has 0 bridgehead atoms. The summed E-state index contributed by atoms with van der Waals surface area (Å²) in [6.07, 6.45) is 7.46. The van der Waals surface area contributed by atoms with Crippen LogP contribution >= 0.6 is 0 Å². The number of fused-ring (bicyclic) bond motifs is 1. The van der Waals surface area contributed by atoms with Crippen molar-refractivity contribution < 1.29 is 0 Å². The van der Waals surface area contributed by atoms with Crippen LogP contribution in [0, 0.1) is 0 Å². The monoisotopic (exact) mass is 256 g/mol. The molecule has 2 aromatic rings. The summed E-state index contributed by atoms with van der Waals surface area (Å²) in [5.41, 5.74) is 10.8. The van der Waals surface area contributed by atoms with Gasteiger partial charge in [-0.05, 0) is 42.5 Å². The maximum atomic E-state index is 5.91. The summed E-state index contributed by atoms with van der Waals surface area (Å²) in [6, 6.07) is 6.28. The van der Waals surface area contributed by atoms with Crippen LogP contribution in [0.1, 0.15) is 17.5 Å². The molecule has 0 atom stereocenters. The third-order valence-corrected chi connectivity index (χ3v) is 3.75. The van der Waals surface area contributed by atoms with E-state index < -0.39 is 0 Å². The minimum atomic E-state index is 0.854. The molecule has 4 heteroatoms. The van der Waals surface area contributed by atoms with E-state index in [4.69, 9.17) is 5.73 Å². The molecule has 0 spiro atoms. The lowest BCUT2D eigenvalue weighted by Crippen LogP contribution is -2.31. The van der Waals surface area contributed by atoms with Gasteiger partial charge in [-0.3, -0.25) is 4.68 Å². The van der Waals surface area contributed by atoms with Gasteiger partial charge in [0, 0.05) is 37.7 Å². The fraction of sp³-hybridized carbons (Fsp3) is 0.400. The van der Waals surface area contributed by atoms with Gasteiger partial charge in [-0.25, -0.2) is 0 Å². The van der Waals surface area contributed by atoms with Crippen LogP contribution in [0.2, 0.25) is 0 Å². The predicted molar refractivity (Wildman–Crippen MR) is 78.3 cm³/mol. The molecule has 0 unspecified atom stereocenters. The van der Waals surface area contributed by atoms with Crippen LogP contribution in [0.5, 0.6) is 0 Å². The molecule has 0 amide bonds. The van der Waals surface area contributed by atoms with Crippen molar-refractivity contribution in [2.75, 3.05) is 23.7 Å². The molecule has 1 aromatic carbocycles. The van der Waals surface area contributed by atoms with Crippen LogP contribution < -0.4 is 10.6 Å². The van der Waals surface area contributed by atoms with E-state index in [1.54, 1.807) is 0 Å². The fourth-order valence-corrected chi connectivity index (χ4v) is 2.76. The molecular weight excluding hydrogens is 236 g/mol. The average Bonchev–Trinajstić information content (AvgIpc) is 2.82. The molecule has 0 saturated heterocycles. The van der Waals surface area contributed by atoms with Gasteiger partial charge >= 0.3 is 0 Å². The minimum absolute atomic E-state index is 0.854. The lowest BCUT2D eigenvalue weighted by Gasteiger charge is -2.31. The third-order valence-electron chi connectivity index (χ3n) is 3.75. The van der Waals surface area contributed by atoms with Crippen molar-refractivity contribution >= 4 is 11.4 Å². The van der Waals surface area contributed by atoms with Crippen molar-refractivity contribution in [3.63, 3.8) is 0 Å². The maximum Gasteiger partial charge on any atom is 0.0522 e. The number of nitrogen functional groups attached to an aromatic ring is 1. The van der Waals surface area contributed by atoms with Crippen molar-refractivity contribution in [2.45, 2.75) is 19.3 Å². The first-order chi connectivity index (χ1) is 9.22. The molecule has 4 nitrogen and oxygen atoms in total. The molecule has 1 aliphatic rings. The number of aryl methyl sites for hydroxylation is 2. The van der Waals surface area contributed by atoms with Crippen molar-refractivity contribution in [2.24, 2.45) is 7.05 Å². The van der Waals surface area contributed by atoms with Crippen molar-refractivity contribution in [3.05, 3.63) is 41.7 Å². The van der Waals surface area contributed by atoms with E-state index in [9.17, 15) is 0 Å². The Labute approximate surface area is 113 Å². The Morgan fingerprint density at radius 2 is 2.26 bits per heavy atom. The summed E-state index contributed by atoms with van der Waals surface area (Å²) in [5, 5.41) is 4.22. The Hall–Kier alpha value is -1.97. The number of nitrogens with two attached hydrogens (primary N) is 1. The smallest absolute Gasteiger partial charge is 0.0522 e. The minimum Gasteiger partial charge on any atom is -0.399 e. The van der Waals surface area contributed by atoms with Crippen LogP contribution in [0.25, 0.3) is 0 Å². The number of hydrogen-bond acceptors (Lipinski definition) is 3. The second-order valence-electron chi connectivity index (χ2n) is 5.25. The van der Waals surface area contributed by atoms with Gasteiger partial charge in [-0.2, -0.15) is 5.10 Å². The number of hydrogen-bond donors (Lipinski definition) is 1. The first kappa shape index (κ1) is 12.1. The molecule has 0 fully saturated rings. The highest BCUT2D eigenvalue weighted by atomic mass is 15.2. The highest BCUT2D eigenvalue weighted by Gasteiger charge is 2.16. The van der Waals surface area contributed by atoms with Crippen LogP contribution in [-0.2, 0) is 19.9 Å². The molecule has 100 valence electrons. The van der Waals surface area contributed by atoms with Crippen molar-refractivity contribution in [1.82, 2.24) is 9.78 Å². The van der Waals surface area contributed by atoms with Gasteiger partial charge < -0.3 is 10.6 Å². The highest BCUT2D eigenvalue weighted by molar-refractivity contribution is 5.62. The second kappa shape index (κ2) is 4.96. The lowest BCUT2D eigenvalue weighted by molar-refractivity contribution is 0.687. The molecule has 1 aliphatic heterocycles.